The second-order valence-electron chi connectivity index (χ2n) is 3.82. The summed E-state index contributed by atoms with van der Waals surface area (Å²) >= 11 is 0. The Morgan fingerprint density at radius 1 is 1.00 bits per heavy atom. The average molecular weight is 241 g/mol. The maximum absolute atomic E-state index is 5.32. The molecule has 0 aliphatic heterocycles. The highest BCUT2D eigenvalue weighted by Gasteiger charge is 2.12. The van der Waals surface area contributed by atoms with E-state index in [0.717, 1.165) is 22.8 Å². The van der Waals surface area contributed by atoms with E-state index in [1.807, 2.05) is 61.6 Å². The molecule has 2 rings (SSSR count). The molecule has 0 fully saturated rings. The van der Waals surface area contributed by atoms with Gasteiger partial charge in [-0.25, -0.2) is 5.32 Å². The van der Waals surface area contributed by atoms with Gasteiger partial charge in [-0.05, 0) is 24.3 Å². The zero-order valence-corrected chi connectivity index (χ0v) is 10.6. The Morgan fingerprint density at radius 2 is 1.67 bits per heavy atom. The number of benzene rings is 2. The maximum Gasteiger partial charge on any atom is 0.279 e. The molecule has 0 atom stereocenters. The third-order valence-electron chi connectivity index (χ3n) is 2.68. The molecule has 0 bridgehead atoms. The van der Waals surface area contributed by atoms with E-state index in [9.17, 15) is 0 Å². The monoisotopic (exact) mass is 241 g/mol. The van der Waals surface area contributed by atoms with Crippen LogP contribution in [0.4, 0.5) is 5.69 Å². The summed E-state index contributed by atoms with van der Waals surface area (Å²) in [5, 5.41) is 3.35. The summed E-state index contributed by atoms with van der Waals surface area (Å²) in [6.07, 6.45) is 0. The van der Waals surface area contributed by atoms with Crippen LogP contribution in [0.1, 0.15) is 5.56 Å². The highest BCUT2D eigenvalue weighted by Crippen LogP contribution is 2.23. The minimum absolute atomic E-state index is 0.821. The van der Waals surface area contributed by atoms with Crippen LogP contribution in [0.5, 0.6) is 5.75 Å². The fraction of sp³-hybridized carbons (Fsp3) is 0.133. The Balaban J connectivity index is 2.27. The molecule has 0 amide bonds. The molecule has 0 saturated carbocycles. The molecule has 92 valence electrons. The molecule has 3 heteroatoms. The van der Waals surface area contributed by atoms with E-state index in [-0.39, 0.29) is 0 Å². The highest BCUT2D eigenvalue weighted by molar-refractivity contribution is 6.05. The summed E-state index contributed by atoms with van der Waals surface area (Å²) in [4.78, 5) is 3.17. The standard InChI is InChI=1S/C15H16N2O/c1-16-15(12-8-4-3-5-9-12)17-13-10-6-7-11-14(13)18-2/h3-11H,1-2H3,(H,16,17)/p+1. The molecule has 18 heavy (non-hydrogen) atoms. The molecule has 0 unspecified atom stereocenters. The van der Waals surface area contributed by atoms with E-state index in [2.05, 4.69) is 10.3 Å². The van der Waals surface area contributed by atoms with E-state index < -0.39 is 0 Å². The first kappa shape index (κ1) is 12.2. The van der Waals surface area contributed by atoms with Gasteiger partial charge in [-0.3, -0.25) is 4.99 Å². The van der Waals surface area contributed by atoms with Gasteiger partial charge in [0.2, 0.25) is 0 Å². The van der Waals surface area contributed by atoms with Gasteiger partial charge in [0.25, 0.3) is 5.84 Å². The van der Waals surface area contributed by atoms with Crippen molar-refractivity contribution in [3.05, 3.63) is 60.2 Å². The molecule has 0 heterocycles. The van der Waals surface area contributed by atoms with Crippen molar-refractivity contribution in [1.82, 2.24) is 0 Å². The highest BCUT2D eigenvalue weighted by atomic mass is 16.5. The number of anilines is 1. The van der Waals surface area contributed by atoms with Crippen molar-refractivity contribution in [2.24, 2.45) is 0 Å². The molecule has 0 aromatic heterocycles. The molecule has 3 nitrogen and oxygen atoms in total. The third-order valence-corrected chi connectivity index (χ3v) is 2.68. The van der Waals surface area contributed by atoms with Crippen molar-refractivity contribution < 1.29 is 9.73 Å². The Kier molecular flexibility index (Phi) is 3.97. The summed E-state index contributed by atoms with van der Waals surface area (Å²) in [5.74, 6) is 1.77. The molecule has 2 aromatic carbocycles. The van der Waals surface area contributed by atoms with Gasteiger partial charge < -0.3 is 4.74 Å². The lowest BCUT2D eigenvalue weighted by molar-refractivity contribution is -0.419. The van der Waals surface area contributed by atoms with Gasteiger partial charge in [-0.15, -0.1) is 0 Å². The van der Waals surface area contributed by atoms with Crippen LogP contribution in [0.15, 0.2) is 54.6 Å². The van der Waals surface area contributed by atoms with Gasteiger partial charge in [0, 0.05) is 0 Å². The number of nitrogens with one attached hydrogen (secondary N) is 2. The molecule has 0 spiro atoms. The van der Waals surface area contributed by atoms with Gasteiger partial charge in [-0.2, -0.15) is 0 Å². The number of amidine groups is 1. The summed E-state index contributed by atoms with van der Waals surface area (Å²) < 4.78 is 5.32. The van der Waals surface area contributed by atoms with Crippen LogP contribution in [-0.2, 0) is 0 Å². The van der Waals surface area contributed by atoms with Crippen LogP contribution < -0.4 is 15.0 Å². The molecular weight excluding hydrogens is 224 g/mol. The first-order chi connectivity index (χ1) is 8.85. The topological polar surface area (TPSA) is 35.2 Å². The van der Waals surface area contributed by atoms with E-state index in [4.69, 9.17) is 4.74 Å². The van der Waals surface area contributed by atoms with Gasteiger partial charge in [0.05, 0.1) is 19.7 Å². The fourth-order valence-corrected chi connectivity index (χ4v) is 1.77. The van der Waals surface area contributed by atoms with Crippen molar-refractivity contribution in [3.8, 4) is 5.75 Å². The molecule has 0 radical (unpaired) electrons. The minimum atomic E-state index is 0.821. The lowest BCUT2D eigenvalue weighted by atomic mass is 10.2. The predicted molar refractivity (Wildman–Crippen MR) is 74.1 cm³/mol. The summed E-state index contributed by atoms with van der Waals surface area (Å²) in [7, 11) is 3.56. The molecule has 0 aliphatic rings. The number of hydrogen-bond donors (Lipinski definition) is 2. The lowest BCUT2D eigenvalue weighted by Gasteiger charge is -2.06. The largest absolute Gasteiger partial charge is 0.492 e. The van der Waals surface area contributed by atoms with E-state index in [0.29, 0.717) is 0 Å². The Hall–Kier alpha value is -2.29. The second kappa shape index (κ2) is 5.87. The van der Waals surface area contributed by atoms with Crippen molar-refractivity contribution in [2.45, 2.75) is 0 Å². The molecular formula is C15H17N2O+. The predicted octanol–water partition coefficient (Wildman–Crippen LogP) is 1.26. The summed E-state index contributed by atoms with van der Waals surface area (Å²) in [6, 6.07) is 18.0. The molecule has 2 aromatic rings. The number of ether oxygens (including phenoxy) is 1. The van der Waals surface area contributed by atoms with Crippen LogP contribution in [0, 0.1) is 0 Å². The quantitative estimate of drug-likeness (QED) is 0.627. The minimum Gasteiger partial charge on any atom is -0.492 e. The fourth-order valence-electron chi connectivity index (χ4n) is 1.77. The molecule has 0 saturated heterocycles. The van der Waals surface area contributed by atoms with Gasteiger partial charge in [0.15, 0.2) is 11.4 Å². The van der Waals surface area contributed by atoms with Gasteiger partial charge in [-0.1, -0.05) is 30.3 Å². The normalized spacial score (nSPS) is 11.1. The van der Waals surface area contributed by atoms with Crippen molar-refractivity contribution >= 4 is 11.5 Å². The van der Waals surface area contributed by atoms with E-state index >= 15 is 0 Å². The Bertz CT molecular complexity index is 535. The first-order valence-electron chi connectivity index (χ1n) is 5.85. The summed E-state index contributed by atoms with van der Waals surface area (Å²) in [6.45, 7) is 0. The lowest BCUT2D eigenvalue weighted by Crippen LogP contribution is -2.70. The Morgan fingerprint density at radius 3 is 2.33 bits per heavy atom. The number of methoxy groups -OCH3 is 1. The van der Waals surface area contributed by atoms with E-state index in [1.165, 1.54) is 0 Å². The molecule has 0 aliphatic carbocycles. The molecule has 2 N–H and O–H groups in total. The maximum atomic E-state index is 5.32. The van der Waals surface area contributed by atoms with Crippen molar-refractivity contribution in [1.29, 1.82) is 0 Å². The van der Waals surface area contributed by atoms with Crippen LogP contribution in [0.3, 0.4) is 0 Å². The second-order valence-corrected chi connectivity index (χ2v) is 3.82. The number of para-hydroxylation sites is 2. The van der Waals surface area contributed by atoms with Crippen LogP contribution in [-0.4, -0.2) is 20.0 Å². The number of rotatable bonds is 3. The van der Waals surface area contributed by atoms with Crippen LogP contribution in [0.2, 0.25) is 0 Å². The zero-order valence-electron chi connectivity index (χ0n) is 10.6. The smallest absolute Gasteiger partial charge is 0.279 e. The number of hydrogen-bond acceptors (Lipinski definition) is 1. The van der Waals surface area contributed by atoms with Crippen molar-refractivity contribution in [3.63, 3.8) is 0 Å². The van der Waals surface area contributed by atoms with Gasteiger partial charge >= 0.3 is 0 Å². The van der Waals surface area contributed by atoms with E-state index in [1.54, 1.807) is 7.11 Å². The van der Waals surface area contributed by atoms with Gasteiger partial charge in [0.1, 0.15) is 0 Å². The SMILES string of the molecule is C[NH+]=C(Nc1ccccc1OC)c1ccccc1. The Labute approximate surface area is 107 Å². The zero-order chi connectivity index (χ0) is 12.8. The van der Waals surface area contributed by atoms with Crippen molar-refractivity contribution in [2.75, 3.05) is 19.5 Å². The van der Waals surface area contributed by atoms with Crippen LogP contribution >= 0.6 is 0 Å². The summed E-state index contributed by atoms with van der Waals surface area (Å²) in [5.41, 5.74) is 2.04. The first-order valence-corrected chi connectivity index (χ1v) is 5.85. The average Bonchev–Trinajstić information content (AvgIpc) is 2.46. The van der Waals surface area contributed by atoms with Crippen LogP contribution in [0.25, 0.3) is 0 Å². The third kappa shape index (κ3) is 2.69.